The molecule has 0 aliphatic carbocycles. The summed E-state index contributed by atoms with van der Waals surface area (Å²) in [6.07, 6.45) is -1.13. The first-order chi connectivity index (χ1) is 26.0. The fraction of sp³-hybridized carbons (Fsp3) is 0.424. The summed E-state index contributed by atoms with van der Waals surface area (Å²) in [6.45, 7) is 4.24. The van der Waals surface area contributed by atoms with Crippen molar-refractivity contribution in [3.8, 4) is 11.5 Å². The van der Waals surface area contributed by atoms with Crippen LogP contribution in [-0.4, -0.2) is 149 Å². The Morgan fingerprint density at radius 1 is 1.18 bits per heavy atom. The Labute approximate surface area is 324 Å². The molecule has 5 aliphatic rings. The second-order valence-electron chi connectivity index (χ2n) is 13.5. The van der Waals surface area contributed by atoms with Gasteiger partial charge in [-0.15, -0.1) is 23.1 Å². The van der Waals surface area contributed by atoms with E-state index in [-0.39, 0.29) is 44.9 Å². The lowest BCUT2D eigenvalue weighted by Crippen LogP contribution is -2.71. The summed E-state index contributed by atoms with van der Waals surface area (Å²) in [5.74, 6) is -7.55. The van der Waals surface area contributed by atoms with Gasteiger partial charge < -0.3 is 45.7 Å². The third kappa shape index (κ3) is 7.68. The molecule has 0 radical (unpaired) electrons. The van der Waals surface area contributed by atoms with E-state index in [2.05, 4.69) is 15.5 Å². The minimum atomic E-state index is -1.93. The zero-order valence-electron chi connectivity index (χ0n) is 28.9. The van der Waals surface area contributed by atoms with Gasteiger partial charge in [-0.3, -0.25) is 33.7 Å². The number of quaternary nitrogens is 1. The van der Waals surface area contributed by atoms with Crippen molar-refractivity contribution in [3.05, 3.63) is 45.1 Å². The minimum Gasteiger partial charge on any atom is -0.504 e. The van der Waals surface area contributed by atoms with Crippen LogP contribution in [0.2, 0.25) is 5.02 Å². The van der Waals surface area contributed by atoms with Gasteiger partial charge in [0.1, 0.15) is 23.7 Å². The first-order valence-electron chi connectivity index (χ1n) is 16.8. The molecule has 0 unspecified atom stereocenters. The number of nitrogens with one attached hydrogen (secondary N) is 1. The molecule has 0 saturated carbocycles. The number of ketones is 1. The number of benzene rings is 1. The predicted molar refractivity (Wildman–Crippen MR) is 194 cm³/mol. The molecule has 5 aliphatic heterocycles. The molecular weight excluding hydrogens is 786 g/mol. The molecule has 2 bridgehead atoms. The number of phenolic OH excluding ortho intramolecular Hbond substituents is 2. The Morgan fingerprint density at radius 3 is 2.49 bits per heavy atom. The number of thiazole rings is 1. The number of hydrogen-bond acceptors (Lipinski definition) is 15. The van der Waals surface area contributed by atoms with E-state index in [1.807, 2.05) is 6.92 Å². The van der Waals surface area contributed by atoms with Crippen LogP contribution in [0.5, 0.6) is 11.5 Å². The standard InChI is InChI=1S/C33H34ClN7O12S2/c1-14-17(11-41-5-2-16(3-6-41)39(4-7-41)30(50)26(46)15-8-18(34)27(47)21(43)9-15)20(12-42)40-29(49)25(31(40)55-14)37-28(48)24(19-13-54-33(35)36-19)38-53-22(32(51)52)10-23(44)45/h8-9,12-14,16,22,25,31H,2-7,10-11H2,1H3,(H6-,35,36,37,38,43,44,45,46,47,48,50,51,52)/p+1/t14-,16?,22-,25+,31+,41?/m0/s1. The van der Waals surface area contributed by atoms with Crippen molar-refractivity contribution < 1.29 is 63.3 Å². The Bertz CT molecular complexity index is 2030. The molecule has 19 nitrogen and oxygen atoms in total. The molecular formula is C33H35ClN7O12S2+. The number of fused-ring (bicyclic) bond motifs is 5. The average molecular weight is 821 g/mol. The van der Waals surface area contributed by atoms with Crippen LogP contribution in [0.1, 0.15) is 42.2 Å². The maximum Gasteiger partial charge on any atom is 0.348 e. The van der Waals surface area contributed by atoms with Crippen molar-refractivity contribution in [1.82, 2.24) is 20.1 Å². The van der Waals surface area contributed by atoms with Crippen molar-refractivity contribution in [1.29, 1.82) is 0 Å². The summed E-state index contributed by atoms with van der Waals surface area (Å²) < 4.78 is 0.501. The van der Waals surface area contributed by atoms with E-state index >= 15 is 0 Å². The first kappa shape index (κ1) is 39.4. The summed E-state index contributed by atoms with van der Waals surface area (Å²) in [5.41, 5.74) is 5.79. The predicted octanol–water partition coefficient (Wildman–Crippen LogP) is 0.384. The number of halogens is 1. The van der Waals surface area contributed by atoms with Gasteiger partial charge in [-0.2, -0.15) is 0 Å². The zero-order chi connectivity index (χ0) is 39.9. The topological polar surface area (TPSA) is 279 Å². The number of rotatable bonds is 13. The molecule has 292 valence electrons. The number of nitrogen functional groups attached to an aromatic ring is 1. The number of piperidine rings is 1. The average Bonchev–Trinajstić information content (AvgIpc) is 3.39. The Kier molecular flexibility index (Phi) is 11.1. The first-order valence-corrected chi connectivity index (χ1v) is 19.0. The lowest BCUT2D eigenvalue weighted by molar-refractivity contribution is -0.925. The van der Waals surface area contributed by atoms with Crippen LogP contribution in [-0.2, 0) is 33.6 Å². The van der Waals surface area contributed by atoms with Crippen molar-refractivity contribution in [2.45, 2.75) is 55.0 Å². The van der Waals surface area contributed by atoms with Gasteiger partial charge in [-0.05, 0) is 19.1 Å². The number of thioether (sulfide) groups is 1. The molecule has 7 N–H and O–H groups in total. The summed E-state index contributed by atoms with van der Waals surface area (Å²) in [5, 5.41) is 44.4. The smallest absolute Gasteiger partial charge is 0.348 e. The second-order valence-corrected chi connectivity index (χ2v) is 16.2. The molecule has 22 heteroatoms. The lowest BCUT2D eigenvalue weighted by atomic mass is 9.97. The number of phenols is 2. The number of carbonyl (C=O) groups is 7. The van der Waals surface area contributed by atoms with Crippen molar-refractivity contribution in [2.75, 3.05) is 38.5 Å². The number of aldehydes is 1. The number of carbonyl (C=O) groups excluding carboxylic acids is 5. The number of allylic oxidation sites excluding steroid dienone is 1. The van der Waals surface area contributed by atoms with Gasteiger partial charge in [0, 0.05) is 40.7 Å². The van der Waals surface area contributed by atoms with E-state index < -0.39 is 76.6 Å². The number of aromatic nitrogens is 1. The third-order valence-corrected chi connectivity index (χ3v) is 12.6. The van der Waals surface area contributed by atoms with Crippen LogP contribution in [0.3, 0.4) is 0 Å². The summed E-state index contributed by atoms with van der Waals surface area (Å²) in [6, 6.07) is 0.764. The van der Waals surface area contributed by atoms with E-state index in [1.54, 1.807) is 0 Å². The number of Topliss-reactive ketones (excluding diaryl/α,β-unsaturated/α-hetero) is 1. The molecule has 6 heterocycles. The van der Waals surface area contributed by atoms with E-state index in [1.165, 1.54) is 26.9 Å². The number of nitrogens with zero attached hydrogens (tertiary/aromatic N) is 5. The summed E-state index contributed by atoms with van der Waals surface area (Å²) in [4.78, 5) is 101. The number of hydrogen-bond donors (Lipinski definition) is 6. The van der Waals surface area contributed by atoms with Gasteiger partial charge in [-0.25, -0.2) is 9.78 Å². The molecule has 0 spiro atoms. The number of aliphatic carboxylic acids is 2. The van der Waals surface area contributed by atoms with Gasteiger partial charge in [0.15, 0.2) is 28.6 Å². The van der Waals surface area contributed by atoms with Crippen LogP contribution in [0.4, 0.5) is 5.13 Å². The number of carboxylic acids is 2. The highest BCUT2D eigenvalue weighted by atomic mass is 35.5. The number of aromatic hydroxyl groups is 2. The van der Waals surface area contributed by atoms with Crippen molar-refractivity contribution in [3.63, 3.8) is 0 Å². The molecule has 1 aromatic heterocycles. The largest absolute Gasteiger partial charge is 0.504 e. The van der Waals surface area contributed by atoms with Crippen LogP contribution >= 0.6 is 34.7 Å². The SMILES string of the molecule is C[C@@H]1S[C@@H]2[C@H](NC(=O)/C(=N\O[C@@H](CC(=O)O)C(=O)O)c3csc(N)n3)C(=O)N2C(C=O)=C1C[N+]12CCC(CC1)N(C(=O)C(=O)c1cc(O)c(O)c(Cl)c1)CC2. The molecule has 7 rings (SSSR count). The summed E-state index contributed by atoms with van der Waals surface area (Å²) in [7, 11) is 0. The minimum absolute atomic E-state index is 0.0417. The quantitative estimate of drug-likeness (QED) is 0.0233. The molecule has 4 fully saturated rings. The Balaban J connectivity index is 1.17. The van der Waals surface area contributed by atoms with Crippen molar-refractivity contribution in [2.24, 2.45) is 5.16 Å². The van der Waals surface area contributed by atoms with Crippen LogP contribution < -0.4 is 11.1 Å². The Morgan fingerprint density at radius 2 is 1.89 bits per heavy atom. The number of anilines is 1. The van der Waals surface area contributed by atoms with Crippen LogP contribution in [0, 0.1) is 0 Å². The van der Waals surface area contributed by atoms with Gasteiger partial charge in [-0.1, -0.05) is 16.8 Å². The highest BCUT2D eigenvalue weighted by Crippen LogP contribution is 2.45. The monoisotopic (exact) mass is 820 g/mol. The fourth-order valence-electron chi connectivity index (χ4n) is 7.22. The molecule has 1 aromatic carbocycles. The maximum absolute atomic E-state index is 13.6. The highest BCUT2D eigenvalue weighted by Gasteiger charge is 2.55. The van der Waals surface area contributed by atoms with Gasteiger partial charge in [0.25, 0.3) is 23.5 Å². The van der Waals surface area contributed by atoms with Crippen molar-refractivity contribution >= 4 is 87.3 Å². The molecule has 4 atom stereocenters. The van der Waals surface area contributed by atoms with Gasteiger partial charge in [0.2, 0.25) is 6.10 Å². The molecule has 2 aromatic rings. The van der Waals surface area contributed by atoms with E-state index in [0.29, 0.717) is 55.4 Å². The van der Waals surface area contributed by atoms with Crippen LogP contribution in [0.15, 0.2) is 33.9 Å². The number of oxime groups is 1. The third-order valence-electron chi connectivity index (χ3n) is 10.1. The van der Waals surface area contributed by atoms with Crippen LogP contribution in [0.25, 0.3) is 0 Å². The maximum atomic E-state index is 13.6. The second kappa shape index (κ2) is 15.5. The normalized spacial score (nSPS) is 25.3. The van der Waals surface area contributed by atoms with Gasteiger partial charge in [0.05, 0.1) is 43.3 Å². The molecule has 55 heavy (non-hydrogen) atoms. The number of nitrogens with two attached hydrogens (primary N) is 1. The molecule has 4 saturated heterocycles. The zero-order valence-corrected chi connectivity index (χ0v) is 31.3. The number of amides is 3. The van der Waals surface area contributed by atoms with E-state index in [9.17, 15) is 48.9 Å². The lowest BCUT2D eigenvalue weighted by Gasteiger charge is -2.52. The molecule has 3 amide bonds. The number of carboxylic acid groups (broad SMARTS) is 2. The van der Waals surface area contributed by atoms with E-state index in [0.717, 1.165) is 23.5 Å². The highest BCUT2D eigenvalue weighted by molar-refractivity contribution is 8.00. The van der Waals surface area contributed by atoms with E-state index in [4.69, 9.17) is 27.3 Å². The van der Waals surface area contributed by atoms with Gasteiger partial charge >= 0.3 is 11.9 Å². The summed E-state index contributed by atoms with van der Waals surface area (Å²) >= 11 is 8.21. The fourth-order valence-corrected chi connectivity index (χ4v) is 9.44. The Hall–Kier alpha value is -5.25. The number of β-lactam (4-membered cyclic amide) rings is 1.